The Labute approximate surface area is 110 Å². The van der Waals surface area contributed by atoms with E-state index in [0.29, 0.717) is 25.7 Å². The van der Waals surface area contributed by atoms with Crippen molar-refractivity contribution in [3.8, 4) is 0 Å². The lowest BCUT2D eigenvalue weighted by atomic mass is 9.91. The summed E-state index contributed by atoms with van der Waals surface area (Å²) in [6.07, 6.45) is 2.00. The molecule has 0 aromatic carbocycles. The zero-order valence-corrected chi connectivity index (χ0v) is 11.6. The van der Waals surface area contributed by atoms with Gasteiger partial charge in [-0.15, -0.1) is 0 Å². The molecule has 1 rings (SSSR count). The zero-order chi connectivity index (χ0) is 13.4. The first-order valence-corrected chi connectivity index (χ1v) is 6.84. The molecule has 1 aliphatic heterocycles. The third-order valence-corrected chi connectivity index (χ3v) is 3.44. The number of nitrogens with two attached hydrogens (primary N) is 1. The van der Waals surface area contributed by atoms with Crippen LogP contribution in [0.4, 0.5) is 0 Å². The van der Waals surface area contributed by atoms with Crippen molar-refractivity contribution in [3.05, 3.63) is 0 Å². The first-order chi connectivity index (χ1) is 8.65. The molecule has 1 fully saturated rings. The van der Waals surface area contributed by atoms with Gasteiger partial charge in [-0.2, -0.15) is 0 Å². The van der Waals surface area contributed by atoms with E-state index < -0.39 is 0 Å². The topological polar surface area (TPSA) is 64.8 Å². The molecule has 0 saturated carbocycles. The van der Waals surface area contributed by atoms with Crippen LogP contribution < -0.4 is 5.73 Å². The van der Waals surface area contributed by atoms with Crippen LogP contribution in [-0.2, 0) is 14.3 Å². The summed E-state index contributed by atoms with van der Waals surface area (Å²) in [5, 5.41) is 0. The summed E-state index contributed by atoms with van der Waals surface area (Å²) in [6, 6.07) is 0.227. The zero-order valence-electron chi connectivity index (χ0n) is 11.6. The molecule has 5 heteroatoms. The van der Waals surface area contributed by atoms with Crippen molar-refractivity contribution in [2.24, 2.45) is 11.7 Å². The number of piperidine rings is 1. The molecular weight excluding hydrogens is 232 g/mol. The average Bonchev–Trinajstić information content (AvgIpc) is 2.38. The maximum Gasteiger partial charge on any atom is 0.248 e. The Morgan fingerprint density at radius 3 is 2.50 bits per heavy atom. The van der Waals surface area contributed by atoms with E-state index in [1.807, 2.05) is 18.7 Å². The van der Waals surface area contributed by atoms with Crippen LogP contribution in [0.25, 0.3) is 0 Å². The second kappa shape index (κ2) is 8.45. The summed E-state index contributed by atoms with van der Waals surface area (Å²) in [7, 11) is 0. The molecule has 106 valence electrons. The highest BCUT2D eigenvalue weighted by atomic mass is 16.5. The lowest BCUT2D eigenvalue weighted by Crippen LogP contribution is -2.43. The van der Waals surface area contributed by atoms with Gasteiger partial charge in [0.1, 0.15) is 6.61 Å². The smallest absolute Gasteiger partial charge is 0.248 e. The number of likely N-dealkylation sites (tertiary alicyclic amines) is 1. The molecule has 0 bridgehead atoms. The lowest BCUT2D eigenvalue weighted by molar-refractivity contribution is -0.138. The van der Waals surface area contributed by atoms with Crippen LogP contribution in [0.15, 0.2) is 0 Å². The van der Waals surface area contributed by atoms with Crippen LogP contribution in [0.3, 0.4) is 0 Å². The van der Waals surface area contributed by atoms with E-state index in [1.54, 1.807) is 0 Å². The van der Waals surface area contributed by atoms with Gasteiger partial charge in [-0.1, -0.05) is 0 Å². The number of carbonyl (C=O) groups excluding carboxylic acids is 1. The molecule has 1 atom stereocenters. The molecule has 0 aromatic heterocycles. The van der Waals surface area contributed by atoms with Crippen LogP contribution in [0.5, 0.6) is 0 Å². The first-order valence-electron chi connectivity index (χ1n) is 6.84. The van der Waals surface area contributed by atoms with Gasteiger partial charge in [0.15, 0.2) is 0 Å². The lowest BCUT2D eigenvalue weighted by Gasteiger charge is -2.33. The fraction of sp³-hybridized carbons (Fsp3) is 0.923. The van der Waals surface area contributed by atoms with Gasteiger partial charge < -0.3 is 20.1 Å². The normalized spacial score (nSPS) is 18.9. The quantitative estimate of drug-likeness (QED) is 0.680. The van der Waals surface area contributed by atoms with Crippen molar-refractivity contribution < 1.29 is 14.3 Å². The first kappa shape index (κ1) is 15.4. The fourth-order valence-electron chi connectivity index (χ4n) is 2.19. The van der Waals surface area contributed by atoms with Crippen LogP contribution in [-0.4, -0.2) is 56.4 Å². The van der Waals surface area contributed by atoms with Gasteiger partial charge in [-0.3, -0.25) is 4.79 Å². The minimum Gasteiger partial charge on any atom is -0.379 e. The third kappa shape index (κ3) is 5.33. The summed E-state index contributed by atoms with van der Waals surface area (Å²) in [4.78, 5) is 13.7. The van der Waals surface area contributed by atoms with Crippen molar-refractivity contribution in [3.63, 3.8) is 0 Å². The Hall–Kier alpha value is -0.650. The fourth-order valence-corrected chi connectivity index (χ4v) is 2.19. The van der Waals surface area contributed by atoms with Crippen molar-refractivity contribution in [1.29, 1.82) is 0 Å². The summed E-state index contributed by atoms with van der Waals surface area (Å²) < 4.78 is 10.4. The molecular formula is C13H26N2O3. The molecule has 2 N–H and O–H groups in total. The number of hydrogen-bond acceptors (Lipinski definition) is 4. The summed E-state index contributed by atoms with van der Waals surface area (Å²) in [6.45, 7) is 7.47. The van der Waals surface area contributed by atoms with Gasteiger partial charge in [-0.25, -0.2) is 0 Å². The number of hydrogen-bond donors (Lipinski definition) is 1. The van der Waals surface area contributed by atoms with Crippen molar-refractivity contribution >= 4 is 5.91 Å². The highest BCUT2D eigenvalue weighted by Crippen LogP contribution is 2.19. The van der Waals surface area contributed by atoms with Crippen LogP contribution in [0.1, 0.15) is 26.7 Å². The minimum absolute atomic E-state index is 0.0784. The van der Waals surface area contributed by atoms with Gasteiger partial charge in [0.2, 0.25) is 5.91 Å². The number of ether oxygens (including phenoxy) is 2. The van der Waals surface area contributed by atoms with E-state index in [1.165, 1.54) is 0 Å². The molecule has 1 saturated heterocycles. The molecule has 1 amide bonds. The van der Waals surface area contributed by atoms with Crippen LogP contribution in [0, 0.1) is 5.92 Å². The van der Waals surface area contributed by atoms with Crippen molar-refractivity contribution in [1.82, 2.24) is 4.90 Å². The van der Waals surface area contributed by atoms with Gasteiger partial charge in [0.25, 0.3) is 0 Å². The van der Waals surface area contributed by atoms with Crippen molar-refractivity contribution in [2.45, 2.75) is 32.7 Å². The molecule has 18 heavy (non-hydrogen) atoms. The second-order valence-corrected chi connectivity index (χ2v) is 4.83. The van der Waals surface area contributed by atoms with Crippen molar-refractivity contribution in [2.75, 3.05) is 39.5 Å². The number of nitrogens with zero attached hydrogens (tertiary/aromatic N) is 1. The van der Waals surface area contributed by atoms with E-state index >= 15 is 0 Å². The molecule has 0 aromatic rings. The molecule has 0 spiro atoms. The SMILES string of the molecule is CCOCCOCC(=O)N1CCC(C(C)N)CC1. The summed E-state index contributed by atoms with van der Waals surface area (Å²) in [5.41, 5.74) is 5.87. The third-order valence-electron chi connectivity index (χ3n) is 3.44. The number of carbonyl (C=O) groups is 1. The Balaban J connectivity index is 2.12. The Morgan fingerprint density at radius 1 is 1.33 bits per heavy atom. The minimum atomic E-state index is 0.0784. The summed E-state index contributed by atoms with van der Waals surface area (Å²) in [5.74, 6) is 0.627. The number of rotatable bonds is 7. The number of amides is 1. The van der Waals surface area contributed by atoms with Gasteiger partial charge in [-0.05, 0) is 32.6 Å². The molecule has 1 heterocycles. The Morgan fingerprint density at radius 2 is 1.94 bits per heavy atom. The predicted octanol–water partition coefficient (Wildman–Crippen LogP) is 0.625. The van der Waals surface area contributed by atoms with Crippen LogP contribution >= 0.6 is 0 Å². The van der Waals surface area contributed by atoms with E-state index in [-0.39, 0.29) is 18.6 Å². The second-order valence-electron chi connectivity index (χ2n) is 4.83. The maximum absolute atomic E-state index is 11.8. The van der Waals surface area contributed by atoms with Gasteiger partial charge in [0, 0.05) is 25.7 Å². The molecule has 5 nitrogen and oxygen atoms in total. The van der Waals surface area contributed by atoms with E-state index in [4.69, 9.17) is 15.2 Å². The van der Waals surface area contributed by atoms with Crippen LogP contribution in [0.2, 0.25) is 0 Å². The highest BCUT2D eigenvalue weighted by molar-refractivity contribution is 5.77. The Kier molecular flexibility index (Phi) is 7.23. The van der Waals surface area contributed by atoms with E-state index in [0.717, 1.165) is 25.9 Å². The summed E-state index contributed by atoms with van der Waals surface area (Å²) >= 11 is 0. The monoisotopic (exact) mass is 258 g/mol. The largest absolute Gasteiger partial charge is 0.379 e. The molecule has 1 unspecified atom stereocenters. The standard InChI is InChI=1S/C13H26N2O3/c1-3-17-8-9-18-10-13(16)15-6-4-12(5-7-15)11(2)14/h11-12H,3-10,14H2,1-2H3. The van der Waals surface area contributed by atoms with E-state index in [2.05, 4.69) is 0 Å². The Bertz CT molecular complexity index is 238. The molecule has 1 aliphatic rings. The average molecular weight is 258 g/mol. The maximum atomic E-state index is 11.8. The van der Waals surface area contributed by atoms with Gasteiger partial charge >= 0.3 is 0 Å². The van der Waals surface area contributed by atoms with Gasteiger partial charge in [0.05, 0.1) is 13.2 Å². The van der Waals surface area contributed by atoms with E-state index in [9.17, 15) is 4.79 Å². The molecule has 0 aliphatic carbocycles. The highest BCUT2D eigenvalue weighted by Gasteiger charge is 2.24. The molecule has 0 radical (unpaired) electrons. The predicted molar refractivity (Wildman–Crippen MR) is 70.3 cm³/mol.